The first-order valence-electron chi connectivity index (χ1n) is 5.35. The molecule has 17 heavy (non-hydrogen) atoms. The summed E-state index contributed by atoms with van der Waals surface area (Å²) < 4.78 is 0. The van der Waals surface area contributed by atoms with E-state index in [4.69, 9.17) is 18.0 Å². The van der Waals surface area contributed by atoms with Crippen molar-refractivity contribution in [3.63, 3.8) is 0 Å². The van der Waals surface area contributed by atoms with Crippen LogP contribution in [0.2, 0.25) is 5.28 Å². The van der Waals surface area contributed by atoms with Crippen molar-refractivity contribution in [2.24, 2.45) is 0 Å². The van der Waals surface area contributed by atoms with E-state index < -0.39 is 0 Å². The molecule has 88 valence electrons. The average Bonchev–Trinajstić information content (AvgIpc) is 2.76. The van der Waals surface area contributed by atoms with Crippen molar-refractivity contribution in [2.45, 2.75) is 25.8 Å². The molecule has 3 nitrogen and oxygen atoms in total. The van der Waals surface area contributed by atoms with E-state index in [1.165, 1.54) is 0 Å². The highest BCUT2D eigenvalue weighted by molar-refractivity contribution is 7.16. The fraction of sp³-hybridized carbons (Fsp3) is 0.333. The predicted molar refractivity (Wildman–Crippen MR) is 73.6 cm³/mol. The second-order valence-corrected chi connectivity index (χ2v) is 4.87. The van der Waals surface area contributed by atoms with Gasteiger partial charge in [-0.05, 0) is 29.5 Å². The fourth-order valence-corrected chi connectivity index (χ4v) is 2.56. The van der Waals surface area contributed by atoms with E-state index in [-0.39, 0.29) is 11.3 Å². The molecule has 0 amide bonds. The van der Waals surface area contributed by atoms with Crippen molar-refractivity contribution in [1.82, 2.24) is 9.97 Å². The number of halogens is 1. The van der Waals surface area contributed by atoms with Crippen LogP contribution in [-0.4, -0.2) is 16.0 Å². The van der Waals surface area contributed by atoms with Crippen molar-refractivity contribution in [3.05, 3.63) is 16.7 Å². The normalized spacial score (nSPS) is 12.3. The molecule has 1 unspecified atom stereocenters. The average molecular weight is 266 g/mol. The summed E-state index contributed by atoms with van der Waals surface area (Å²) >= 11 is 7.44. The molecular weight excluding hydrogens is 254 g/mol. The highest BCUT2D eigenvalue weighted by Gasteiger charge is 2.11. The van der Waals surface area contributed by atoms with Crippen molar-refractivity contribution in [1.29, 1.82) is 0 Å². The maximum absolute atomic E-state index is 5.89. The summed E-state index contributed by atoms with van der Waals surface area (Å²) in [5.74, 6) is 3.43. The molecule has 0 aliphatic heterocycles. The molecule has 0 radical (unpaired) electrons. The van der Waals surface area contributed by atoms with E-state index in [1.54, 1.807) is 11.3 Å². The Morgan fingerprint density at radius 2 is 2.41 bits per heavy atom. The third-order valence-corrected chi connectivity index (χ3v) is 3.47. The topological polar surface area (TPSA) is 37.8 Å². The van der Waals surface area contributed by atoms with Crippen LogP contribution in [0.25, 0.3) is 10.2 Å². The zero-order chi connectivity index (χ0) is 12.3. The third-order valence-electron chi connectivity index (χ3n) is 2.50. The summed E-state index contributed by atoms with van der Waals surface area (Å²) in [5, 5.41) is 6.56. The van der Waals surface area contributed by atoms with Gasteiger partial charge in [0.25, 0.3) is 0 Å². The Morgan fingerprint density at radius 3 is 3.12 bits per heavy atom. The molecule has 0 bridgehead atoms. The lowest BCUT2D eigenvalue weighted by Crippen LogP contribution is -2.18. The van der Waals surface area contributed by atoms with Gasteiger partial charge in [-0.1, -0.05) is 6.92 Å². The number of thiophene rings is 1. The number of nitrogens with zero attached hydrogens (tertiary/aromatic N) is 2. The van der Waals surface area contributed by atoms with Crippen LogP contribution in [0, 0.1) is 12.3 Å². The molecule has 0 aliphatic carbocycles. The van der Waals surface area contributed by atoms with Crippen LogP contribution < -0.4 is 5.32 Å². The number of terminal acetylenes is 1. The van der Waals surface area contributed by atoms with E-state index in [0.29, 0.717) is 6.42 Å². The maximum atomic E-state index is 5.89. The second kappa shape index (κ2) is 5.35. The summed E-state index contributed by atoms with van der Waals surface area (Å²) in [6.07, 6.45) is 6.95. The molecule has 0 aromatic carbocycles. The summed E-state index contributed by atoms with van der Waals surface area (Å²) in [6.45, 7) is 2.09. The Balaban J connectivity index is 2.34. The number of hydrogen-bond donors (Lipinski definition) is 1. The standard InChI is InChI=1S/C12H12ClN3S/c1-3-5-8(4-2)14-10-9-6-7-17-11(9)16-12(13)15-10/h1,6-8H,4-5H2,2H3,(H,14,15,16). The van der Waals surface area contributed by atoms with E-state index >= 15 is 0 Å². The van der Waals surface area contributed by atoms with Crippen molar-refractivity contribution in [2.75, 3.05) is 5.32 Å². The van der Waals surface area contributed by atoms with Crippen LogP contribution in [0.4, 0.5) is 5.82 Å². The van der Waals surface area contributed by atoms with Gasteiger partial charge in [0.05, 0.1) is 5.39 Å². The lowest BCUT2D eigenvalue weighted by molar-refractivity contribution is 0.712. The van der Waals surface area contributed by atoms with Gasteiger partial charge in [0, 0.05) is 12.5 Å². The molecule has 2 rings (SSSR count). The lowest BCUT2D eigenvalue weighted by Gasteiger charge is -2.15. The number of fused-ring (bicyclic) bond motifs is 1. The first kappa shape index (κ1) is 12.2. The van der Waals surface area contributed by atoms with Gasteiger partial charge in [-0.25, -0.2) is 9.97 Å². The quantitative estimate of drug-likeness (QED) is 0.679. The zero-order valence-corrected chi connectivity index (χ0v) is 11.0. The molecule has 0 spiro atoms. The number of hydrogen-bond acceptors (Lipinski definition) is 4. The highest BCUT2D eigenvalue weighted by Crippen LogP contribution is 2.27. The molecule has 1 N–H and O–H groups in total. The van der Waals surface area contributed by atoms with Gasteiger partial charge in [-0.3, -0.25) is 0 Å². The van der Waals surface area contributed by atoms with Gasteiger partial charge in [-0.15, -0.1) is 23.7 Å². The number of anilines is 1. The van der Waals surface area contributed by atoms with Crippen LogP contribution in [0.5, 0.6) is 0 Å². The molecule has 0 saturated heterocycles. The summed E-state index contributed by atoms with van der Waals surface area (Å²) in [7, 11) is 0. The monoisotopic (exact) mass is 265 g/mol. The van der Waals surface area contributed by atoms with E-state index in [0.717, 1.165) is 22.5 Å². The molecular formula is C12H12ClN3S. The first-order chi connectivity index (χ1) is 8.24. The minimum absolute atomic E-state index is 0.217. The Morgan fingerprint density at radius 1 is 1.59 bits per heavy atom. The van der Waals surface area contributed by atoms with Crippen LogP contribution in [0.3, 0.4) is 0 Å². The molecule has 2 heterocycles. The summed E-state index contributed by atoms with van der Waals surface area (Å²) in [5.41, 5.74) is 0. The number of nitrogens with one attached hydrogen (secondary N) is 1. The van der Waals surface area contributed by atoms with Crippen LogP contribution in [0.1, 0.15) is 19.8 Å². The van der Waals surface area contributed by atoms with Crippen molar-refractivity contribution >= 4 is 39.0 Å². The van der Waals surface area contributed by atoms with Gasteiger partial charge < -0.3 is 5.32 Å². The van der Waals surface area contributed by atoms with Gasteiger partial charge in [-0.2, -0.15) is 0 Å². The van der Waals surface area contributed by atoms with Crippen LogP contribution in [-0.2, 0) is 0 Å². The van der Waals surface area contributed by atoms with Gasteiger partial charge in [0.2, 0.25) is 5.28 Å². The van der Waals surface area contributed by atoms with Crippen LogP contribution in [0.15, 0.2) is 11.4 Å². The summed E-state index contributed by atoms with van der Waals surface area (Å²) in [4.78, 5) is 9.28. The zero-order valence-electron chi connectivity index (χ0n) is 9.40. The molecule has 5 heteroatoms. The molecule has 1 atom stereocenters. The molecule has 2 aromatic heterocycles. The molecule has 2 aromatic rings. The number of aromatic nitrogens is 2. The minimum Gasteiger partial charge on any atom is -0.366 e. The fourth-order valence-electron chi connectivity index (χ4n) is 1.57. The second-order valence-electron chi connectivity index (χ2n) is 3.64. The van der Waals surface area contributed by atoms with Gasteiger partial charge in [0.15, 0.2) is 0 Å². The van der Waals surface area contributed by atoms with Crippen LogP contribution >= 0.6 is 22.9 Å². The molecule has 0 saturated carbocycles. The van der Waals surface area contributed by atoms with Gasteiger partial charge in [0.1, 0.15) is 10.6 Å². The SMILES string of the molecule is C#CCC(CC)Nc1nc(Cl)nc2sccc12. The lowest BCUT2D eigenvalue weighted by atomic mass is 10.1. The Labute approximate surface area is 109 Å². The summed E-state index contributed by atoms with van der Waals surface area (Å²) in [6, 6.07) is 2.20. The Hall–Kier alpha value is -1.31. The maximum Gasteiger partial charge on any atom is 0.225 e. The van der Waals surface area contributed by atoms with E-state index in [1.807, 2.05) is 11.4 Å². The minimum atomic E-state index is 0.217. The van der Waals surface area contributed by atoms with Gasteiger partial charge >= 0.3 is 0 Å². The number of rotatable bonds is 4. The molecule has 0 aliphatic rings. The van der Waals surface area contributed by atoms with Crippen molar-refractivity contribution < 1.29 is 0 Å². The predicted octanol–water partition coefficient (Wildman–Crippen LogP) is 3.56. The van der Waals surface area contributed by atoms with E-state index in [9.17, 15) is 0 Å². The third kappa shape index (κ3) is 2.68. The van der Waals surface area contributed by atoms with Crippen molar-refractivity contribution in [3.8, 4) is 12.3 Å². The largest absolute Gasteiger partial charge is 0.366 e. The van der Waals surface area contributed by atoms with E-state index in [2.05, 4.69) is 28.1 Å². The molecule has 0 fully saturated rings. The Bertz CT molecular complexity index is 558. The Kier molecular flexibility index (Phi) is 3.82. The first-order valence-corrected chi connectivity index (χ1v) is 6.61. The smallest absolute Gasteiger partial charge is 0.225 e. The highest BCUT2D eigenvalue weighted by atomic mass is 35.5.